The number of carboxylic acids is 1. The first-order valence-corrected chi connectivity index (χ1v) is 17.5. The summed E-state index contributed by atoms with van der Waals surface area (Å²) in [7, 11) is 0. The van der Waals surface area contributed by atoms with Crippen molar-refractivity contribution < 1.29 is 103 Å². The summed E-state index contributed by atoms with van der Waals surface area (Å²) in [4.78, 5) is 44.3. The molecule has 0 saturated heterocycles. The number of hydrogen-bond donors (Lipinski definition) is 1. The number of Topliss-reactive ketones (excluding diaryl/α,β-unsaturated/α-hetero) is 1. The molecule has 1 rings (SSSR count). The quantitative estimate of drug-likeness (QED) is 0.0193. The van der Waals surface area contributed by atoms with E-state index in [2.05, 4.69) is 4.74 Å². The van der Waals surface area contributed by atoms with Crippen LogP contribution in [0.3, 0.4) is 0 Å². The molecule has 0 saturated carbocycles. The molecule has 0 amide bonds. The Morgan fingerprint density at radius 2 is 0.643 bits per heavy atom. The first-order chi connectivity index (χ1) is 27.1. The van der Waals surface area contributed by atoms with Crippen molar-refractivity contribution in [3.05, 3.63) is 29.1 Å². The molecular formula is C34H49F5O17. The van der Waals surface area contributed by atoms with Crippen molar-refractivity contribution in [1.82, 2.24) is 0 Å². The third kappa shape index (κ3) is 25.7. The van der Waals surface area contributed by atoms with E-state index in [1.807, 2.05) is 0 Å². The van der Waals surface area contributed by atoms with Crippen LogP contribution in [0.5, 0.6) is 5.75 Å². The van der Waals surface area contributed by atoms with Crippen LogP contribution in [0.1, 0.15) is 19.3 Å². The predicted molar refractivity (Wildman–Crippen MR) is 178 cm³/mol. The van der Waals surface area contributed by atoms with Gasteiger partial charge in [-0.1, -0.05) is 0 Å². The third-order valence-corrected chi connectivity index (χ3v) is 6.47. The highest BCUT2D eigenvalue weighted by molar-refractivity contribution is 6.32. The van der Waals surface area contributed by atoms with Gasteiger partial charge in [-0.05, 0) is 0 Å². The Bertz CT molecular complexity index is 1230. The molecule has 0 aliphatic carbocycles. The van der Waals surface area contributed by atoms with Crippen LogP contribution in [0.2, 0.25) is 0 Å². The molecule has 1 aromatic rings. The van der Waals surface area contributed by atoms with E-state index in [0.717, 1.165) is 0 Å². The Morgan fingerprint density at radius 3 is 0.964 bits per heavy atom. The number of ketones is 1. The fourth-order valence-corrected chi connectivity index (χ4v) is 3.69. The maximum absolute atomic E-state index is 13.5. The molecule has 0 fully saturated rings. The van der Waals surface area contributed by atoms with E-state index in [9.17, 15) is 41.1 Å². The maximum atomic E-state index is 13.5. The third-order valence-electron chi connectivity index (χ3n) is 6.47. The van der Waals surface area contributed by atoms with Crippen LogP contribution in [0.25, 0.3) is 0 Å². The minimum atomic E-state index is -2.36. The standard InChI is InChI=1S/C34H49F5O17/c35-28-29(36)31(38)33(32(39)30(28)37)56-27(42)3-4-45-5-6-46-7-8-47-9-10-48-11-12-49-13-14-50-15-16-51-17-18-52-19-20-53-21-22-54-23-24-55-26(41)2-1-25(40)34(43)44/h1-24H2,(H,43,44). The van der Waals surface area contributed by atoms with Crippen molar-refractivity contribution in [3.63, 3.8) is 0 Å². The van der Waals surface area contributed by atoms with Gasteiger partial charge in [0.15, 0.2) is 0 Å². The number of carbonyl (C=O) groups is 4. The zero-order valence-electron chi connectivity index (χ0n) is 30.8. The molecule has 322 valence electrons. The molecule has 1 N–H and O–H groups in total. The molecule has 0 aliphatic heterocycles. The van der Waals surface area contributed by atoms with E-state index in [-0.39, 0.29) is 59.3 Å². The molecular weight excluding hydrogens is 775 g/mol. The van der Waals surface area contributed by atoms with Crippen LogP contribution in [-0.2, 0) is 71.3 Å². The second kappa shape index (κ2) is 33.7. The lowest BCUT2D eigenvalue weighted by molar-refractivity contribution is -0.151. The molecule has 17 nitrogen and oxygen atoms in total. The summed E-state index contributed by atoms with van der Waals surface area (Å²) in [6.07, 6.45) is -1.21. The van der Waals surface area contributed by atoms with Gasteiger partial charge in [-0.15, -0.1) is 0 Å². The highest BCUT2D eigenvalue weighted by atomic mass is 19.2. The van der Waals surface area contributed by atoms with Crippen molar-refractivity contribution in [1.29, 1.82) is 0 Å². The van der Waals surface area contributed by atoms with Crippen LogP contribution in [0, 0.1) is 29.1 Å². The van der Waals surface area contributed by atoms with Crippen LogP contribution in [0.15, 0.2) is 0 Å². The van der Waals surface area contributed by atoms with Gasteiger partial charge in [-0.2, -0.15) is 8.78 Å². The van der Waals surface area contributed by atoms with Gasteiger partial charge in [0.25, 0.3) is 0 Å². The van der Waals surface area contributed by atoms with E-state index in [0.29, 0.717) is 85.9 Å². The highest BCUT2D eigenvalue weighted by Gasteiger charge is 2.28. The number of rotatable bonds is 38. The molecule has 0 heterocycles. The number of carboxylic acid groups (broad SMARTS) is 1. The number of carbonyl (C=O) groups excluding carboxylic acids is 3. The molecule has 1 aromatic carbocycles. The summed E-state index contributed by atoms with van der Waals surface area (Å²) in [6.45, 7) is 5.80. The van der Waals surface area contributed by atoms with Crippen LogP contribution in [0.4, 0.5) is 22.0 Å². The fourth-order valence-electron chi connectivity index (χ4n) is 3.69. The number of benzene rings is 1. The summed E-state index contributed by atoms with van der Waals surface area (Å²) < 4.78 is 129. The van der Waals surface area contributed by atoms with Gasteiger partial charge in [0.1, 0.15) is 6.61 Å². The number of ether oxygens (including phenoxy) is 12. The van der Waals surface area contributed by atoms with E-state index < -0.39 is 71.4 Å². The van der Waals surface area contributed by atoms with Crippen molar-refractivity contribution in [2.75, 3.05) is 139 Å². The SMILES string of the molecule is O=C(CCC(=O)C(=O)O)OCCOCCOCCOCCOCCOCCOCCOCCOCCOCCOCCC(=O)Oc1c(F)c(F)c(F)c(F)c1F. The largest absolute Gasteiger partial charge is 0.476 e. The highest BCUT2D eigenvalue weighted by Crippen LogP contribution is 2.29. The lowest BCUT2D eigenvalue weighted by Gasteiger charge is -2.09. The topological polar surface area (TPSA) is 199 Å². The lowest BCUT2D eigenvalue weighted by Crippen LogP contribution is -2.17. The second-order valence-corrected chi connectivity index (χ2v) is 10.7. The van der Waals surface area contributed by atoms with Gasteiger partial charge in [0.2, 0.25) is 40.6 Å². The van der Waals surface area contributed by atoms with Gasteiger partial charge in [0, 0.05) is 6.42 Å². The first kappa shape index (κ1) is 50.6. The molecule has 0 unspecified atom stereocenters. The fraction of sp³-hybridized carbons (Fsp3) is 0.706. The zero-order valence-corrected chi connectivity index (χ0v) is 30.8. The summed E-state index contributed by atoms with van der Waals surface area (Å²) in [5.41, 5.74) is 0. The van der Waals surface area contributed by atoms with Gasteiger partial charge < -0.3 is 61.9 Å². The average molecular weight is 825 g/mol. The average Bonchev–Trinajstić information content (AvgIpc) is 3.18. The summed E-state index contributed by atoms with van der Waals surface area (Å²) in [5, 5.41) is 8.44. The Hall–Kier alpha value is -3.45. The number of aliphatic carboxylic acids is 1. The number of esters is 2. The smallest absolute Gasteiger partial charge is 0.372 e. The van der Waals surface area contributed by atoms with Crippen molar-refractivity contribution in [2.24, 2.45) is 0 Å². The molecule has 0 aliphatic rings. The Balaban J connectivity index is 1.74. The molecule has 0 atom stereocenters. The van der Waals surface area contributed by atoms with Crippen molar-refractivity contribution >= 4 is 23.7 Å². The Labute approximate surface area is 319 Å². The number of hydrogen-bond acceptors (Lipinski definition) is 16. The number of halogens is 5. The predicted octanol–water partition coefficient (Wildman–Crippen LogP) is 1.82. The Morgan fingerprint density at radius 1 is 0.357 bits per heavy atom. The maximum Gasteiger partial charge on any atom is 0.372 e. The van der Waals surface area contributed by atoms with Crippen LogP contribution in [-0.4, -0.2) is 168 Å². The Kier molecular flexibility index (Phi) is 30.4. The summed E-state index contributed by atoms with van der Waals surface area (Å²) >= 11 is 0. The molecule has 0 aromatic heterocycles. The van der Waals surface area contributed by atoms with E-state index in [1.165, 1.54) is 0 Å². The van der Waals surface area contributed by atoms with Gasteiger partial charge in [0.05, 0.1) is 145 Å². The molecule has 0 bridgehead atoms. The van der Waals surface area contributed by atoms with Crippen molar-refractivity contribution in [2.45, 2.75) is 19.3 Å². The van der Waals surface area contributed by atoms with E-state index in [4.69, 9.17) is 57.2 Å². The zero-order chi connectivity index (χ0) is 41.2. The van der Waals surface area contributed by atoms with Gasteiger partial charge in [-0.25, -0.2) is 18.0 Å². The van der Waals surface area contributed by atoms with Crippen LogP contribution >= 0.6 is 0 Å². The molecule has 22 heteroatoms. The van der Waals surface area contributed by atoms with E-state index >= 15 is 0 Å². The minimum absolute atomic E-state index is 0.0134. The molecule has 0 radical (unpaired) electrons. The monoisotopic (exact) mass is 824 g/mol. The molecule has 56 heavy (non-hydrogen) atoms. The minimum Gasteiger partial charge on any atom is -0.476 e. The van der Waals surface area contributed by atoms with Crippen LogP contribution < -0.4 is 4.74 Å². The van der Waals surface area contributed by atoms with Gasteiger partial charge >= 0.3 is 17.9 Å². The van der Waals surface area contributed by atoms with E-state index in [1.54, 1.807) is 0 Å². The lowest BCUT2D eigenvalue weighted by atomic mass is 10.2. The first-order valence-electron chi connectivity index (χ1n) is 17.5. The summed E-state index contributed by atoms with van der Waals surface area (Å²) in [5.74, 6) is -17.5. The van der Waals surface area contributed by atoms with Crippen molar-refractivity contribution in [3.8, 4) is 5.75 Å². The summed E-state index contributed by atoms with van der Waals surface area (Å²) in [6, 6.07) is 0. The second-order valence-electron chi connectivity index (χ2n) is 10.7. The van der Waals surface area contributed by atoms with Gasteiger partial charge in [-0.3, -0.25) is 14.4 Å². The molecule has 0 spiro atoms. The normalized spacial score (nSPS) is 11.2.